The molecule has 4 nitrogen and oxygen atoms in total. The van der Waals surface area contributed by atoms with Gasteiger partial charge >= 0.3 is 0 Å². The van der Waals surface area contributed by atoms with Crippen LogP contribution in [0.5, 0.6) is 11.5 Å². The van der Waals surface area contributed by atoms with Gasteiger partial charge in [-0.05, 0) is 49.9 Å². The summed E-state index contributed by atoms with van der Waals surface area (Å²) in [6, 6.07) is 7.35. The summed E-state index contributed by atoms with van der Waals surface area (Å²) in [6.45, 7) is 11.8. The standard InChI is InChI=1S/C18H31NO3.ClH/c1-17(2,3)13-18(4,5)19-11-14(20)12-22-16-9-7-15(21-6)8-10-16;/h7-10,14,19-20H,11-13H2,1-6H3;1H/p-1. The predicted octanol–water partition coefficient (Wildman–Crippen LogP) is 0.243. The largest absolute Gasteiger partial charge is 1.00 e. The molecule has 134 valence electrons. The molecule has 0 aliphatic rings. The van der Waals surface area contributed by atoms with Gasteiger partial charge in [-0.1, -0.05) is 20.8 Å². The Morgan fingerprint density at radius 3 is 2.04 bits per heavy atom. The quantitative estimate of drug-likeness (QED) is 0.709. The Labute approximate surface area is 147 Å². The van der Waals surface area contributed by atoms with Gasteiger partial charge in [-0.15, -0.1) is 0 Å². The highest BCUT2D eigenvalue weighted by Gasteiger charge is 2.25. The van der Waals surface area contributed by atoms with Crippen molar-refractivity contribution >= 4 is 0 Å². The van der Waals surface area contributed by atoms with Crippen molar-refractivity contribution in [3.05, 3.63) is 24.3 Å². The Kier molecular flexibility index (Phi) is 8.96. The molecule has 0 spiro atoms. The van der Waals surface area contributed by atoms with Gasteiger partial charge in [0.1, 0.15) is 24.2 Å². The monoisotopic (exact) mass is 344 g/mol. The molecule has 1 rings (SSSR count). The molecule has 5 heteroatoms. The second kappa shape index (κ2) is 9.36. The lowest BCUT2D eigenvalue weighted by molar-refractivity contribution is -0.00000834. The predicted molar refractivity (Wildman–Crippen MR) is 90.6 cm³/mol. The summed E-state index contributed by atoms with van der Waals surface area (Å²) in [5.41, 5.74) is 0.236. The number of rotatable bonds is 8. The van der Waals surface area contributed by atoms with E-state index in [1.807, 2.05) is 24.3 Å². The molecular formula is C18H31ClNO3-. The van der Waals surface area contributed by atoms with Gasteiger partial charge in [0.25, 0.3) is 0 Å². The van der Waals surface area contributed by atoms with Crippen LogP contribution in [-0.2, 0) is 0 Å². The second-order valence-corrected chi connectivity index (χ2v) is 7.64. The zero-order chi connectivity index (χ0) is 16.8. The second-order valence-electron chi connectivity index (χ2n) is 7.64. The van der Waals surface area contributed by atoms with E-state index in [0.717, 1.165) is 17.9 Å². The number of benzene rings is 1. The SMILES string of the molecule is COc1ccc(OCC(O)CNC(C)(C)CC(C)(C)C)cc1.[Cl-]. The van der Waals surface area contributed by atoms with E-state index in [9.17, 15) is 5.11 Å². The van der Waals surface area contributed by atoms with Crippen LogP contribution in [0.4, 0.5) is 0 Å². The molecule has 0 aliphatic carbocycles. The maximum atomic E-state index is 10.1. The van der Waals surface area contributed by atoms with Crippen LogP contribution in [0.25, 0.3) is 0 Å². The van der Waals surface area contributed by atoms with Gasteiger partial charge in [-0.3, -0.25) is 0 Å². The Bertz CT molecular complexity index is 441. The average Bonchev–Trinajstić information content (AvgIpc) is 2.41. The summed E-state index contributed by atoms with van der Waals surface area (Å²) >= 11 is 0. The molecule has 0 radical (unpaired) electrons. The number of hydrogen-bond acceptors (Lipinski definition) is 4. The zero-order valence-electron chi connectivity index (χ0n) is 15.1. The van der Waals surface area contributed by atoms with Gasteiger partial charge in [-0.25, -0.2) is 0 Å². The first kappa shape index (κ1) is 22.0. The summed E-state index contributed by atoms with van der Waals surface area (Å²) in [4.78, 5) is 0. The summed E-state index contributed by atoms with van der Waals surface area (Å²) in [6.07, 6.45) is 0.493. The van der Waals surface area contributed by atoms with E-state index >= 15 is 0 Å². The van der Waals surface area contributed by atoms with Gasteiger partial charge < -0.3 is 32.3 Å². The normalized spacial score (nSPS) is 13.2. The van der Waals surface area contributed by atoms with E-state index in [4.69, 9.17) is 9.47 Å². The molecule has 23 heavy (non-hydrogen) atoms. The van der Waals surface area contributed by atoms with Crippen LogP contribution in [0.2, 0.25) is 0 Å². The third-order valence-corrected chi connectivity index (χ3v) is 3.29. The van der Waals surface area contributed by atoms with E-state index in [0.29, 0.717) is 6.54 Å². The number of ether oxygens (including phenoxy) is 2. The smallest absolute Gasteiger partial charge is 0.119 e. The summed E-state index contributed by atoms with van der Waals surface area (Å²) in [5.74, 6) is 1.52. The van der Waals surface area contributed by atoms with Gasteiger partial charge in [0.05, 0.1) is 7.11 Å². The molecule has 0 saturated heterocycles. The molecule has 0 amide bonds. The molecule has 1 aromatic carbocycles. The minimum atomic E-state index is -0.540. The van der Waals surface area contributed by atoms with Gasteiger partial charge in [-0.2, -0.15) is 0 Å². The fraction of sp³-hybridized carbons (Fsp3) is 0.667. The zero-order valence-corrected chi connectivity index (χ0v) is 15.9. The first-order chi connectivity index (χ1) is 10.1. The Balaban J connectivity index is 0.00000484. The van der Waals surface area contributed by atoms with E-state index in [2.05, 4.69) is 39.9 Å². The van der Waals surface area contributed by atoms with E-state index in [-0.39, 0.29) is 30.0 Å². The van der Waals surface area contributed by atoms with Crippen LogP contribution in [0.3, 0.4) is 0 Å². The number of aliphatic hydroxyl groups is 1. The number of methoxy groups -OCH3 is 1. The van der Waals surface area contributed by atoms with Gasteiger partial charge in [0.2, 0.25) is 0 Å². The summed E-state index contributed by atoms with van der Waals surface area (Å²) in [7, 11) is 1.63. The van der Waals surface area contributed by atoms with Crippen LogP contribution in [0.1, 0.15) is 41.0 Å². The summed E-state index contributed by atoms with van der Waals surface area (Å²) in [5, 5.41) is 13.5. The third kappa shape index (κ3) is 9.69. The van der Waals surface area contributed by atoms with Crippen molar-refractivity contribution in [3.8, 4) is 11.5 Å². The molecule has 0 bridgehead atoms. The fourth-order valence-electron chi connectivity index (χ4n) is 2.71. The number of β-amino-alcohol motifs (C(OH)–C–C–N with tert-alkyl or cyclic N) is 1. The first-order valence-corrected chi connectivity index (χ1v) is 7.81. The van der Waals surface area contributed by atoms with Crippen molar-refractivity contribution in [3.63, 3.8) is 0 Å². The lowest BCUT2D eigenvalue weighted by atomic mass is 9.82. The highest BCUT2D eigenvalue weighted by molar-refractivity contribution is 5.31. The molecule has 0 saturated carbocycles. The summed E-state index contributed by atoms with van der Waals surface area (Å²) < 4.78 is 10.7. The molecule has 2 N–H and O–H groups in total. The molecule has 0 heterocycles. The van der Waals surface area contributed by atoms with Crippen LogP contribution in [-0.4, -0.2) is 37.0 Å². The Morgan fingerprint density at radius 1 is 1.04 bits per heavy atom. The van der Waals surface area contributed by atoms with Crippen molar-refractivity contribution < 1.29 is 27.0 Å². The van der Waals surface area contributed by atoms with E-state index in [1.165, 1.54) is 0 Å². The van der Waals surface area contributed by atoms with E-state index in [1.54, 1.807) is 7.11 Å². The highest BCUT2D eigenvalue weighted by Crippen LogP contribution is 2.26. The number of nitrogens with one attached hydrogen (secondary N) is 1. The molecule has 0 fully saturated rings. The molecule has 0 aromatic heterocycles. The Morgan fingerprint density at radius 2 is 1.57 bits per heavy atom. The minimum Gasteiger partial charge on any atom is -1.00 e. The van der Waals surface area contributed by atoms with E-state index < -0.39 is 6.10 Å². The fourth-order valence-corrected chi connectivity index (χ4v) is 2.71. The molecule has 1 atom stereocenters. The first-order valence-electron chi connectivity index (χ1n) is 7.81. The lowest BCUT2D eigenvalue weighted by Crippen LogP contribution is -3.00. The topological polar surface area (TPSA) is 50.7 Å². The lowest BCUT2D eigenvalue weighted by Gasteiger charge is -2.34. The molecule has 1 unspecified atom stereocenters. The minimum absolute atomic E-state index is 0. The van der Waals surface area contributed by atoms with Crippen LogP contribution in [0, 0.1) is 5.41 Å². The maximum Gasteiger partial charge on any atom is 0.119 e. The van der Waals surface area contributed by atoms with Gasteiger partial charge in [0, 0.05) is 12.1 Å². The number of hydrogen-bond donors (Lipinski definition) is 2. The van der Waals surface area contributed by atoms with Crippen molar-refractivity contribution in [1.82, 2.24) is 5.32 Å². The highest BCUT2D eigenvalue weighted by atomic mass is 35.5. The number of halogens is 1. The molecule has 0 aliphatic heterocycles. The average molecular weight is 345 g/mol. The van der Waals surface area contributed by atoms with Crippen LogP contribution in [0.15, 0.2) is 24.3 Å². The third-order valence-electron chi connectivity index (χ3n) is 3.29. The molecule has 1 aromatic rings. The van der Waals surface area contributed by atoms with Crippen molar-refractivity contribution in [1.29, 1.82) is 0 Å². The van der Waals surface area contributed by atoms with Crippen molar-refractivity contribution in [2.75, 3.05) is 20.3 Å². The van der Waals surface area contributed by atoms with Crippen molar-refractivity contribution in [2.45, 2.75) is 52.7 Å². The van der Waals surface area contributed by atoms with Crippen LogP contribution >= 0.6 is 0 Å². The van der Waals surface area contributed by atoms with Crippen LogP contribution < -0.4 is 27.2 Å². The Hall–Kier alpha value is -0.970. The maximum absolute atomic E-state index is 10.1. The van der Waals surface area contributed by atoms with Gasteiger partial charge in [0.15, 0.2) is 0 Å². The van der Waals surface area contributed by atoms with Crippen molar-refractivity contribution in [2.24, 2.45) is 5.41 Å². The molecular weight excluding hydrogens is 314 g/mol. The number of aliphatic hydroxyl groups excluding tert-OH is 1.